The molecule has 156 valence electrons. The quantitative estimate of drug-likeness (QED) is 0.603. The van der Waals surface area contributed by atoms with Gasteiger partial charge in [0.25, 0.3) is 5.56 Å². The zero-order valence-corrected chi connectivity index (χ0v) is 15.7. The minimum atomic E-state index is -5.20. The predicted molar refractivity (Wildman–Crippen MR) is 96.2 cm³/mol. The van der Waals surface area contributed by atoms with Crippen LogP contribution in [-0.4, -0.2) is 31.9 Å². The van der Waals surface area contributed by atoms with Crippen LogP contribution < -0.4 is 10.7 Å². The smallest absolute Gasteiger partial charge is 0.383 e. The van der Waals surface area contributed by atoms with Gasteiger partial charge in [-0.3, -0.25) is 14.6 Å². The number of sulfonamides is 1. The SMILES string of the molecule is COCCn1[nH]c(=O)c2cc(-c3c(S(N)(=O)=O)ccc(F)c3C(F)(F)F)ccc21. The standard InChI is InChI=1S/C17H15F4N3O4S/c1-28-7-6-24-12-4-2-9(8-10(12)16(25)23-24)14-13(29(22,26)27)5-3-11(18)15(14)17(19,20)21/h2-5,8H,6-7H2,1H3,(H,23,25)(H2,22,26,27). The van der Waals surface area contributed by atoms with E-state index >= 15 is 0 Å². The van der Waals surface area contributed by atoms with Crippen LogP contribution >= 0.6 is 0 Å². The van der Waals surface area contributed by atoms with E-state index in [2.05, 4.69) is 5.10 Å². The van der Waals surface area contributed by atoms with Crippen LogP contribution in [0, 0.1) is 5.82 Å². The predicted octanol–water partition coefficient (Wildman–Crippen LogP) is 2.45. The summed E-state index contributed by atoms with van der Waals surface area (Å²) in [5, 5.41) is 7.56. The van der Waals surface area contributed by atoms with E-state index in [9.17, 15) is 30.8 Å². The Balaban J connectivity index is 2.36. The van der Waals surface area contributed by atoms with E-state index in [0.717, 1.165) is 12.1 Å². The number of primary sulfonamides is 1. The summed E-state index contributed by atoms with van der Waals surface area (Å²) in [5.41, 5.74) is -3.30. The van der Waals surface area contributed by atoms with Crippen LogP contribution in [0.4, 0.5) is 17.6 Å². The third kappa shape index (κ3) is 3.91. The van der Waals surface area contributed by atoms with Crippen LogP contribution in [0.25, 0.3) is 22.0 Å². The van der Waals surface area contributed by atoms with E-state index in [1.165, 1.54) is 17.9 Å². The lowest BCUT2D eigenvalue weighted by Crippen LogP contribution is -2.18. The molecule has 0 radical (unpaired) electrons. The first kappa shape index (κ1) is 21.0. The maximum absolute atomic E-state index is 14.1. The molecule has 0 bridgehead atoms. The molecule has 0 atom stereocenters. The zero-order chi connectivity index (χ0) is 21.6. The summed E-state index contributed by atoms with van der Waals surface area (Å²) >= 11 is 0. The van der Waals surface area contributed by atoms with Gasteiger partial charge in [-0.25, -0.2) is 17.9 Å². The van der Waals surface area contributed by atoms with Gasteiger partial charge >= 0.3 is 6.18 Å². The highest BCUT2D eigenvalue weighted by Gasteiger charge is 2.39. The fourth-order valence-corrected chi connectivity index (χ4v) is 3.83. The Morgan fingerprint density at radius 1 is 1.21 bits per heavy atom. The van der Waals surface area contributed by atoms with Crippen molar-refractivity contribution in [2.24, 2.45) is 5.14 Å². The molecule has 7 nitrogen and oxygen atoms in total. The van der Waals surface area contributed by atoms with Crippen LogP contribution in [0.3, 0.4) is 0 Å². The lowest BCUT2D eigenvalue weighted by atomic mass is 9.97. The zero-order valence-electron chi connectivity index (χ0n) is 14.9. The van der Waals surface area contributed by atoms with Crippen molar-refractivity contribution in [1.82, 2.24) is 9.78 Å². The maximum Gasteiger partial charge on any atom is 0.419 e. The van der Waals surface area contributed by atoms with Crippen molar-refractivity contribution in [1.29, 1.82) is 0 Å². The van der Waals surface area contributed by atoms with E-state index in [4.69, 9.17) is 9.88 Å². The number of nitrogens with zero attached hydrogens (tertiary/aromatic N) is 1. The summed E-state index contributed by atoms with van der Waals surface area (Å²) in [6.07, 6.45) is -5.20. The highest BCUT2D eigenvalue weighted by Crippen LogP contribution is 2.42. The van der Waals surface area contributed by atoms with Gasteiger partial charge < -0.3 is 4.74 Å². The number of hydrogen-bond acceptors (Lipinski definition) is 4. The minimum absolute atomic E-state index is 0.00337. The molecular weight excluding hydrogens is 418 g/mol. The average molecular weight is 433 g/mol. The normalized spacial score (nSPS) is 12.6. The molecule has 0 unspecified atom stereocenters. The Morgan fingerprint density at radius 3 is 2.48 bits per heavy atom. The number of halogens is 4. The van der Waals surface area contributed by atoms with Gasteiger partial charge in [0, 0.05) is 12.7 Å². The molecule has 3 rings (SSSR count). The third-order valence-electron chi connectivity index (χ3n) is 4.28. The number of hydrogen-bond donors (Lipinski definition) is 2. The first-order chi connectivity index (χ1) is 13.4. The minimum Gasteiger partial charge on any atom is -0.383 e. The number of nitrogens with one attached hydrogen (secondary N) is 1. The first-order valence-corrected chi connectivity index (χ1v) is 9.64. The molecule has 0 fully saturated rings. The molecule has 0 saturated heterocycles. The Bertz CT molecular complexity index is 1250. The first-order valence-electron chi connectivity index (χ1n) is 8.09. The van der Waals surface area contributed by atoms with E-state index in [0.29, 0.717) is 17.6 Å². The molecule has 0 aliphatic carbocycles. The van der Waals surface area contributed by atoms with Crippen LogP contribution in [0.2, 0.25) is 0 Å². The second kappa shape index (κ2) is 7.28. The lowest BCUT2D eigenvalue weighted by Gasteiger charge is -2.17. The monoisotopic (exact) mass is 433 g/mol. The van der Waals surface area contributed by atoms with Crippen LogP contribution in [0.1, 0.15) is 5.56 Å². The Hall–Kier alpha value is -2.70. The van der Waals surface area contributed by atoms with Crippen molar-refractivity contribution in [2.45, 2.75) is 17.6 Å². The van der Waals surface area contributed by atoms with Crippen molar-refractivity contribution in [2.75, 3.05) is 13.7 Å². The summed E-state index contributed by atoms with van der Waals surface area (Å²) in [5.74, 6) is -1.66. The molecule has 3 aromatic rings. The number of aromatic amines is 1. The molecule has 0 spiro atoms. The average Bonchev–Trinajstić information content (AvgIpc) is 2.93. The number of rotatable bonds is 5. The number of benzene rings is 2. The van der Waals surface area contributed by atoms with Crippen molar-refractivity contribution in [3.05, 3.63) is 52.1 Å². The Morgan fingerprint density at radius 2 is 1.90 bits per heavy atom. The molecule has 29 heavy (non-hydrogen) atoms. The van der Waals surface area contributed by atoms with E-state index in [1.807, 2.05) is 0 Å². The lowest BCUT2D eigenvalue weighted by molar-refractivity contribution is -0.139. The second-order valence-corrected chi connectivity index (χ2v) is 7.69. The highest BCUT2D eigenvalue weighted by atomic mass is 32.2. The van der Waals surface area contributed by atoms with E-state index in [-0.39, 0.29) is 24.1 Å². The van der Waals surface area contributed by atoms with Gasteiger partial charge in [-0.05, 0) is 29.8 Å². The fraction of sp³-hybridized carbons (Fsp3) is 0.235. The number of ether oxygens (including phenoxy) is 1. The van der Waals surface area contributed by atoms with Gasteiger partial charge in [0.15, 0.2) is 0 Å². The van der Waals surface area contributed by atoms with Gasteiger partial charge in [0.1, 0.15) is 11.4 Å². The number of aromatic nitrogens is 2. The molecule has 0 amide bonds. The summed E-state index contributed by atoms with van der Waals surface area (Å²) in [7, 11) is -3.17. The van der Waals surface area contributed by atoms with Gasteiger partial charge in [-0.1, -0.05) is 6.07 Å². The molecule has 2 aromatic carbocycles. The summed E-state index contributed by atoms with van der Waals surface area (Å²) < 4.78 is 84.8. The molecular formula is C17H15F4N3O4S. The molecule has 0 aliphatic rings. The van der Waals surface area contributed by atoms with Crippen LogP contribution in [0.5, 0.6) is 0 Å². The van der Waals surface area contributed by atoms with Crippen LogP contribution in [-0.2, 0) is 27.5 Å². The van der Waals surface area contributed by atoms with Crippen molar-refractivity contribution in [3.8, 4) is 11.1 Å². The van der Waals surface area contributed by atoms with Crippen LogP contribution in [0.15, 0.2) is 40.0 Å². The number of fused-ring (bicyclic) bond motifs is 1. The molecule has 0 saturated carbocycles. The highest BCUT2D eigenvalue weighted by molar-refractivity contribution is 7.89. The maximum atomic E-state index is 14.1. The molecule has 1 aromatic heterocycles. The van der Waals surface area contributed by atoms with Gasteiger partial charge in [0.2, 0.25) is 10.0 Å². The summed E-state index contributed by atoms with van der Waals surface area (Å²) in [4.78, 5) is 11.3. The van der Waals surface area contributed by atoms with Crippen molar-refractivity contribution < 1.29 is 30.7 Å². The van der Waals surface area contributed by atoms with E-state index < -0.39 is 43.6 Å². The molecule has 1 heterocycles. The molecule has 12 heteroatoms. The molecule has 0 aliphatic heterocycles. The summed E-state index contributed by atoms with van der Waals surface area (Å²) in [6.45, 7) is 0.532. The van der Waals surface area contributed by atoms with Gasteiger partial charge in [0.05, 0.1) is 29.0 Å². The topological polar surface area (TPSA) is 107 Å². The fourth-order valence-electron chi connectivity index (χ4n) is 3.07. The number of alkyl halides is 3. The van der Waals surface area contributed by atoms with Crippen molar-refractivity contribution >= 4 is 20.9 Å². The van der Waals surface area contributed by atoms with Gasteiger partial charge in [-0.15, -0.1) is 0 Å². The van der Waals surface area contributed by atoms with Gasteiger partial charge in [-0.2, -0.15) is 13.2 Å². The summed E-state index contributed by atoms with van der Waals surface area (Å²) in [6, 6.07) is 4.61. The third-order valence-corrected chi connectivity index (χ3v) is 5.24. The Kier molecular flexibility index (Phi) is 5.28. The number of methoxy groups -OCH3 is 1. The Labute approximate surface area is 161 Å². The number of H-pyrrole nitrogens is 1. The second-order valence-electron chi connectivity index (χ2n) is 6.16. The van der Waals surface area contributed by atoms with Crippen molar-refractivity contribution in [3.63, 3.8) is 0 Å². The molecule has 3 N–H and O–H groups in total. The largest absolute Gasteiger partial charge is 0.419 e. The van der Waals surface area contributed by atoms with E-state index in [1.54, 1.807) is 0 Å². The number of nitrogens with two attached hydrogens (primary N) is 1.